The lowest BCUT2D eigenvalue weighted by Gasteiger charge is -2.24. The van der Waals surface area contributed by atoms with E-state index in [-0.39, 0.29) is 5.41 Å². The largest absolute Gasteiger partial charge is 0.277 e. The molecule has 49 heavy (non-hydrogen) atoms. The zero-order valence-electron chi connectivity index (χ0n) is 27.0. The van der Waals surface area contributed by atoms with Crippen LogP contribution in [-0.2, 0) is 5.41 Å². The quantitative estimate of drug-likeness (QED) is 0.188. The number of benzene rings is 7. The number of hydrogen-bond donors (Lipinski definition) is 0. The molecule has 0 spiro atoms. The molecule has 1 aliphatic rings. The van der Waals surface area contributed by atoms with Gasteiger partial charge in [0.25, 0.3) is 0 Å². The molecule has 0 amide bonds. The average molecular weight is 644 g/mol. The van der Waals surface area contributed by atoms with Crippen LogP contribution in [0.1, 0.15) is 25.0 Å². The predicted molar refractivity (Wildman–Crippen MR) is 207 cm³/mol. The van der Waals surface area contributed by atoms with E-state index in [0.717, 1.165) is 28.0 Å². The highest BCUT2D eigenvalue weighted by molar-refractivity contribution is 7.25. The van der Waals surface area contributed by atoms with Crippen molar-refractivity contribution in [1.29, 1.82) is 0 Å². The lowest BCUT2D eigenvalue weighted by atomic mass is 9.81. The maximum Gasteiger partial charge on any atom is 0.235 e. The standard InChI is InChI=1S/C45H29N3S/c1-45(2)36-17-9-7-16-33(36)42-40(45)41(29-20-22-39-35(24-29)31-15-8-10-18-38(31)49-39)46-44(47-42)48-37-25-28-13-4-3-12-27(28)23-34(37)32-21-19-26-11-5-6-14-30(26)43(32)48/h3-25H,1-2H3. The first-order valence-electron chi connectivity index (χ1n) is 16.8. The summed E-state index contributed by atoms with van der Waals surface area (Å²) in [6.07, 6.45) is 0. The summed E-state index contributed by atoms with van der Waals surface area (Å²) in [5, 5.41) is 9.79. The van der Waals surface area contributed by atoms with Crippen LogP contribution in [0.5, 0.6) is 0 Å². The van der Waals surface area contributed by atoms with Crippen LogP contribution in [0, 0.1) is 0 Å². The van der Waals surface area contributed by atoms with Gasteiger partial charge in [-0.05, 0) is 52.1 Å². The molecule has 0 aliphatic heterocycles. The Hall–Kier alpha value is -5.84. The fraction of sp³-hybridized carbons (Fsp3) is 0.0667. The number of hydrogen-bond acceptors (Lipinski definition) is 3. The minimum absolute atomic E-state index is 0.269. The van der Waals surface area contributed by atoms with Gasteiger partial charge < -0.3 is 0 Å². The van der Waals surface area contributed by atoms with Crippen molar-refractivity contribution in [2.24, 2.45) is 0 Å². The van der Waals surface area contributed by atoms with Crippen molar-refractivity contribution in [1.82, 2.24) is 14.5 Å². The summed E-state index contributed by atoms with van der Waals surface area (Å²) in [7, 11) is 0. The zero-order valence-corrected chi connectivity index (χ0v) is 27.8. The van der Waals surface area contributed by atoms with Crippen LogP contribution in [0.25, 0.3) is 92.0 Å². The Morgan fingerprint density at radius 1 is 0.531 bits per heavy atom. The lowest BCUT2D eigenvalue weighted by Crippen LogP contribution is -2.18. The highest BCUT2D eigenvalue weighted by Gasteiger charge is 2.40. The van der Waals surface area contributed by atoms with Gasteiger partial charge in [0, 0.05) is 58.4 Å². The smallest absolute Gasteiger partial charge is 0.235 e. The molecule has 230 valence electrons. The third-order valence-corrected chi connectivity index (χ3v) is 11.9. The maximum atomic E-state index is 5.65. The van der Waals surface area contributed by atoms with Gasteiger partial charge in [0.1, 0.15) is 0 Å². The third-order valence-electron chi connectivity index (χ3n) is 10.7. The predicted octanol–water partition coefficient (Wildman–Crippen LogP) is 12.2. The number of nitrogens with zero attached hydrogens (tertiary/aromatic N) is 3. The van der Waals surface area contributed by atoms with E-state index >= 15 is 0 Å². The fourth-order valence-corrected chi connectivity index (χ4v) is 9.54. The van der Waals surface area contributed by atoms with Gasteiger partial charge in [-0.2, -0.15) is 0 Å². The van der Waals surface area contributed by atoms with Crippen LogP contribution in [0.2, 0.25) is 0 Å². The van der Waals surface area contributed by atoms with Gasteiger partial charge >= 0.3 is 0 Å². The van der Waals surface area contributed by atoms with Gasteiger partial charge in [0.05, 0.1) is 22.4 Å². The summed E-state index contributed by atoms with van der Waals surface area (Å²) < 4.78 is 4.93. The Kier molecular flexibility index (Phi) is 5.33. The first kappa shape index (κ1) is 27.1. The van der Waals surface area contributed by atoms with Crippen LogP contribution in [0.4, 0.5) is 0 Å². The van der Waals surface area contributed by atoms with Crippen LogP contribution in [0.15, 0.2) is 140 Å². The number of fused-ring (bicyclic) bond motifs is 12. The molecule has 0 N–H and O–H groups in total. The molecule has 11 rings (SSSR count). The van der Waals surface area contributed by atoms with Crippen LogP contribution >= 0.6 is 11.3 Å². The molecule has 0 fully saturated rings. The van der Waals surface area contributed by atoms with Crippen molar-refractivity contribution in [2.75, 3.05) is 0 Å². The summed E-state index contributed by atoms with van der Waals surface area (Å²) in [6.45, 7) is 4.64. The third kappa shape index (κ3) is 3.67. The number of aromatic nitrogens is 3. The second-order valence-electron chi connectivity index (χ2n) is 13.8. The molecule has 0 saturated heterocycles. The maximum absolute atomic E-state index is 5.65. The minimum atomic E-state index is -0.269. The summed E-state index contributed by atoms with van der Waals surface area (Å²) in [5.41, 5.74) is 8.78. The number of thiophene rings is 1. The molecular weight excluding hydrogens is 615 g/mol. The highest BCUT2D eigenvalue weighted by Crippen LogP contribution is 2.52. The molecule has 0 unspecified atom stereocenters. The van der Waals surface area contributed by atoms with Crippen LogP contribution in [0.3, 0.4) is 0 Å². The Bertz CT molecular complexity index is 3030. The first-order chi connectivity index (χ1) is 24.0. The second-order valence-corrected chi connectivity index (χ2v) is 14.9. The molecule has 1 aliphatic carbocycles. The molecule has 3 heterocycles. The Morgan fingerprint density at radius 2 is 1.22 bits per heavy atom. The molecule has 0 atom stereocenters. The summed E-state index contributed by atoms with van der Waals surface area (Å²) >= 11 is 1.85. The van der Waals surface area contributed by atoms with E-state index in [4.69, 9.17) is 9.97 Å². The molecule has 0 bridgehead atoms. The topological polar surface area (TPSA) is 30.7 Å². The molecule has 3 aromatic heterocycles. The minimum Gasteiger partial charge on any atom is -0.277 e. The van der Waals surface area contributed by atoms with Crippen molar-refractivity contribution in [2.45, 2.75) is 19.3 Å². The number of rotatable bonds is 2. The molecule has 0 saturated carbocycles. The van der Waals surface area contributed by atoms with Crippen LogP contribution < -0.4 is 0 Å². The molecule has 0 radical (unpaired) electrons. The van der Waals surface area contributed by atoms with Crippen molar-refractivity contribution in [3.05, 3.63) is 151 Å². The van der Waals surface area contributed by atoms with Gasteiger partial charge in [-0.15, -0.1) is 11.3 Å². The van der Waals surface area contributed by atoms with Gasteiger partial charge in [0.2, 0.25) is 5.95 Å². The first-order valence-corrected chi connectivity index (χ1v) is 17.7. The van der Waals surface area contributed by atoms with E-state index in [1.54, 1.807) is 0 Å². The zero-order chi connectivity index (χ0) is 32.4. The van der Waals surface area contributed by atoms with Crippen molar-refractivity contribution < 1.29 is 0 Å². The van der Waals surface area contributed by atoms with Gasteiger partial charge in [-0.3, -0.25) is 4.57 Å². The van der Waals surface area contributed by atoms with Gasteiger partial charge in [0.15, 0.2) is 0 Å². The van der Waals surface area contributed by atoms with E-state index in [2.05, 4.69) is 158 Å². The van der Waals surface area contributed by atoms with Crippen molar-refractivity contribution in [3.63, 3.8) is 0 Å². The van der Waals surface area contributed by atoms with E-state index in [0.29, 0.717) is 5.95 Å². The Labute approximate surface area is 286 Å². The molecule has 4 heteroatoms. The summed E-state index contributed by atoms with van der Waals surface area (Å²) in [4.78, 5) is 11.2. The van der Waals surface area contributed by atoms with E-state index in [1.807, 2.05) is 11.3 Å². The monoisotopic (exact) mass is 643 g/mol. The second kappa shape index (κ2) is 9.62. The van der Waals surface area contributed by atoms with Gasteiger partial charge in [-0.1, -0.05) is 123 Å². The van der Waals surface area contributed by atoms with Gasteiger partial charge in [-0.25, -0.2) is 9.97 Å². The summed E-state index contributed by atoms with van der Waals surface area (Å²) in [5.74, 6) is 0.697. The van der Waals surface area contributed by atoms with Crippen molar-refractivity contribution >= 4 is 74.9 Å². The molecule has 7 aromatic carbocycles. The van der Waals surface area contributed by atoms with Crippen LogP contribution in [-0.4, -0.2) is 14.5 Å². The Balaban J connectivity index is 1.31. The van der Waals surface area contributed by atoms with E-state index < -0.39 is 0 Å². The molecule has 3 nitrogen and oxygen atoms in total. The van der Waals surface area contributed by atoms with E-state index in [9.17, 15) is 0 Å². The highest BCUT2D eigenvalue weighted by atomic mass is 32.1. The lowest BCUT2D eigenvalue weighted by molar-refractivity contribution is 0.657. The summed E-state index contributed by atoms with van der Waals surface area (Å²) in [6, 6.07) is 50.8. The molecular formula is C45H29N3S. The average Bonchev–Trinajstić information content (AvgIpc) is 3.75. The molecule has 10 aromatic rings. The normalized spacial score (nSPS) is 13.7. The SMILES string of the molecule is CC1(C)c2ccccc2-c2nc(-n3c4cc5ccccc5cc4c4ccc5ccccc5c43)nc(-c3ccc4sc5ccccc5c4c3)c21. The fourth-order valence-electron chi connectivity index (χ4n) is 8.46. The van der Waals surface area contributed by atoms with Crippen molar-refractivity contribution in [3.8, 4) is 28.5 Å². The Morgan fingerprint density at radius 3 is 2.10 bits per heavy atom. The van der Waals surface area contributed by atoms with E-state index in [1.165, 1.54) is 69.2 Å².